The first-order chi connectivity index (χ1) is 13.8. The van der Waals surface area contributed by atoms with E-state index in [1.54, 1.807) is 29.6 Å². The number of benzene rings is 2. The second-order valence-corrected chi connectivity index (χ2v) is 8.23. The topological polar surface area (TPSA) is 65.8 Å². The number of carboxylic acid groups (broad SMARTS) is 1. The van der Waals surface area contributed by atoms with Crippen LogP contribution < -0.4 is 0 Å². The van der Waals surface area contributed by atoms with Crippen molar-refractivity contribution in [2.45, 2.75) is 27.2 Å². The molecule has 5 nitrogen and oxygen atoms in total. The highest BCUT2D eigenvalue weighted by Gasteiger charge is 2.09. The summed E-state index contributed by atoms with van der Waals surface area (Å²) < 4.78 is 0. The summed E-state index contributed by atoms with van der Waals surface area (Å²) in [6.45, 7) is 6.10. The molecule has 30 heavy (non-hydrogen) atoms. The summed E-state index contributed by atoms with van der Waals surface area (Å²) in [5, 5.41) is 12.0. The number of rotatable bonds is 7. The maximum atomic E-state index is 10.8. The van der Waals surface area contributed by atoms with Crippen molar-refractivity contribution >= 4 is 41.7 Å². The van der Waals surface area contributed by atoms with E-state index in [9.17, 15) is 4.79 Å². The van der Waals surface area contributed by atoms with Gasteiger partial charge in [-0.1, -0.05) is 35.9 Å². The number of aliphatic carboxylic acids is 1. The van der Waals surface area contributed by atoms with Crippen molar-refractivity contribution < 1.29 is 9.90 Å². The van der Waals surface area contributed by atoms with Crippen LogP contribution in [0.2, 0.25) is 0 Å². The molecular formula is C23H26ClN3O2S. The van der Waals surface area contributed by atoms with Crippen molar-refractivity contribution in [2.75, 3.05) is 13.6 Å². The van der Waals surface area contributed by atoms with Gasteiger partial charge >= 0.3 is 5.97 Å². The van der Waals surface area contributed by atoms with E-state index in [2.05, 4.69) is 54.6 Å². The van der Waals surface area contributed by atoms with E-state index in [1.165, 1.54) is 11.1 Å². The van der Waals surface area contributed by atoms with Crippen LogP contribution in [0.1, 0.15) is 27.3 Å². The first-order valence-electron chi connectivity index (χ1n) is 9.39. The Morgan fingerprint density at radius 3 is 2.53 bits per heavy atom. The van der Waals surface area contributed by atoms with Crippen LogP contribution in [0.5, 0.6) is 0 Å². The molecule has 158 valence electrons. The van der Waals surface area contributed by atoms with Gasteiger partial charge in [-0.25, -0.2) is 9.98 Å². The number of carboxylic acids is 1. The smallest absolute Gasteiger partial charge is 0.323 e. The molecule has 7 heteroatoms. The Hall–Kier alpha value is -2.70. The van der Waals surface area contributed by atoms with E-state index in [4.69, 9.17) is 10.1 Å². The number of carbonyl (C=O) groups is 1. The van der Waals surface area contributed by atoms with E-state index in [-0.39, 0.29) is 19.0 Å². The molecule has 0 fully saturated rings. The van der Waals surface area contributed by atoms with Gasteiger partial charge in [0.15, 0.2) is 0 Å². The summed E-state index contributed by atoms with van der Waals surface area (Å²) in [5.74, 6) is -0.879. The highest BCUT2D eigenvalue weighted by Crippen LogP contribution is 2.28. The number of hydrogen-bond donors (Lipinski definition) is 1. The van der Waals surface area contributed by atoms with Gasteiger partial charge in [0, 0.05) is 24.4 Å². The lowest BCUT2D eigenvalue weighted by atomic mass is 10.0. The predicted molar refractivity (Wildman–Crippen MR) is 127 cm³/mol. The second-order valence-electron chi connectivity index (χ2n) is 7.29. The zero-order chi connectivity index (χ0) is 21.0. The second kappa shape index (κ2) is 10.4. The molecule has 0 radical (unpaired) electrons. The molecule has 0 spiro atoms. The van der Waals surface area contributed by atoms with E-state index < -0.39 is 5.97 Å². The standard InChI is InChI=1S/C23H25N3O2S.ClH/c1-15-5-7-18(8-6-15)21-13-29-22(25-21)11-19-9-17(3)20(10-16(19)2)24-14-26(4)12-23(27)28;/h5-10,13-14H,11-12H2,1-4H3,(H,27,28);1H/b24-14+;. The van der Waals surface area contributed by atoms with E-state index in [0.717, 1.165) is 39.5 Å². The fraction of sp³-hybridized carbons (Fsp3) is 0.261. The molecular weight excluding hydrogens is 418 g/mol. The van der Waals surface area contributed by atoms with Crippen LogP contribution in [-0.2, 0) is 11.2 Å². The van der Waals surface area contributed by atoms with Crippen LogP contribution >= 0.6 is 23.7 Å². The molecule has 3 aromatic rings. The average molecular weight is 444 g/mol. The number of halogens is 1. The summed E-state index contributed by atoms with van der Waals surface area (Å²) in [6, 6.07) is 12.6. The average Bonchev–Trinajstić information content (AvgIpc) is 3.12. The summed E-state index contributed by atoms with van der Waals surface area (Å²) in [5.41, 5.74) is 7.68. The molecule has 0 aliphatic rings. The fourth-order valence-electron chi connectivity index (χ4n) is 3.02. The molecule has 0 atom stereocenters. The third kappa shape index (κ3) is 6.15. The van der Waals surface area contributed by atoms with Crippen LogP contribution in [0, 0.1) is 20.8 Å². The molecule has 0 aliphatic carbocycles. The Morgan fingerprint density at radius 1 is 1.17 bits per heavy atom. The zero-order valence-corrected chi connectivity index (χ0v) is 19.2. The van der Waals surface area contributed by atoms with E-state index in [0.29, 0.717) is 0 Å². The lowest BCUT2D eigenvalue weighted by molar-refractivity contribution is -0.137. The van der Waals surface area contributed by atoms with Gasteiger partial charge in [-0.05, 0) is 43.5 Å². The van der Waals surface area contributed by atoms with Gasteiger partial charge in [0.05, 0.1) is 22.7 Å². The van der Waals surface area contributed by atoms with Gasteiger partial charge in [0.2, 0.25) is 0 Å². The molecule has 0 bridgehead atoms. The van der Waals surface area contributed by atoms with Crippen LogP contribution in [0.15, 0.2) is 46.8 Å². The number of aryl methyl sites for hydroxylation is 3. The normalized spacial score (nSPS) is 10.8. The van der Waals surface area contributed by atoms with Gasteiger partial charge in [-0.15, -0.1) is 23.7 Å². The van der Waals surface area contributed by atoms with Crippen molar-refractivity contribution in [2.24, 2.45) is 4.99 Å². The number of aliphatic imine (C=N–C) groups is 1. The van der Waals surface area contributed by atoms with Crippen LogP contribution in [0.25, 0.3) is 11.3 Å². The Balaban J connectivity index is 0.00000320. The van der Waals surface area contributed by atoms with E-state index in [1.807, 2.05) is 13.0 Å². The first-order valence-corrected chi connectivity index (χ1v) is 10.3. The fourth-order valence-corrected chi connectivity index (χ4v) is 3.84. The predicted octanol–water partition coefficient (Wildman–Crippen LogP) is 5.42. The number of thiazole rings is 1. The quantitative estimate of drug-likeness (QED) is 0.391. The molecule has 1 aromatic heterocycles. The molecule has 0 unspecified atom stereocenters. The van der Waals surface area contributed by atoms with Gasteiger partial charge in [-0.2, -0.15) is 0 Å². The van der Waals surface area contributed by atoms with Crippen LogP contribution in [-0.4, -0.2) is 40.9 Å². The van der Waals surface area contributed by atoms with Gasteiger partial charge in [0.1, 0.15) is 6.54 Å². The maximum Gasteiger partial charge on any atom is 0.323 e. The Kier molecular flexibility index (Phi) is 8.15. The number of aromatic nitrogens is 1. The minimum Gasteiger partial charge on any atom is -0.480 e. The minimum absolute atomic E-state index is 0. The first kappa shape index (κ1) is 23.6. The molecule has 0 saturated heterocycles. The lowest BCUT2D eigenvalue weighted by Gasteiger charge is -2.11. The zero-order valence-electron chi connectivity index (χ0n) is 17.5. The van der Waals surface area contributed by atoms with Crippen molar-refractivity contribution in [1.29, 1.82) is 0 Å². The van der Waals surface area contributed by atoms with Gasteiger partial charge in [-0.3, -0.25) is 4.79 Å². The van der Waals surface area contributed by atoms with Crippen molar-refractivity contribution in [3.8, 4) is 11.3 Å². The SMILES string of the molecule is Cc1ccc(-c2csc(Cc3cc(C)c(/N=C/N(C)CC(=O)O)cc3C)n2)cc1.Cl. The molecule has 0 saturated carbocycles. The van der Waals surface area contributed by atoms with Crippen molar-refractivity contribution in [3.63, 3.8) is 0 Å². The largest absolute Gasteiger partial charge is 0.480 e. The highest BCUT2D eigenvalue weighted by molar-refractivity contribution is 7.10. The maximum absolute atomic E-state index is 10.8. The van der Waals surface area contributed by atoms with Crippen LogP contribution in [0.3, 0.4) is 0 Å². The molecule has 2 aromatic carbocycles. The Bertz CT molecular complexity index is 1050. The van der Waals surface area contributed by atoms with Crippen molar-refractivity contribution in [1.82, 2.24) is 9.88 Å². The summed E-state index contributed by atoms with van der Waals surface area (Å²) in [6.07, 6.45) is 2.34. The number of nitrogens with zero attached hydrogens (tertiary/aromatic N) is 3. The monoisotopic (exact) mass is 443 g/mol. The van der Waals surface area contributed by atoms with Crippen LogP contribution in [0.4, 0.5) is 5.69 Å². The Labute approximate surface area is 187 Å². The highest BCUT2D eigenvalue weighted by atomic mass is 35.5. The molecule has 3 rings (SSSR count). The van der Waals surface area contributed by atoms with Crippen molar-refractivity contribution in [3.05, 3.63) is 69.0 Å². The summed E-state index contributed by atoms with van der Waals surface area (Å²) in [4.78, 5) is 21.6. The molecule has 1 N–H and O–H groups in total. The molecule has 1 heterocycles. The third-order valence-corrected chi connectivity index (χ3v) is 5.52. The lowest BCUT2D eigenvalue weighted by Crippen LogP contribution is -2.23. The molecule has 0 aliphatic heterocycles. The molecule has 0 amide bonds. The van der Waals surface area contributed by atoms with Gasteiger partial charge in [0.25, 0.3) is 0 Å². The minimum atomic E-state index is -0.879. The number of hydrogen-bond acceptors (Lipinski definition) is 4. The third-order valence-electron chi connectivity index (χ3n) is 4.67. The Morgan fingerprint density at radius 2 is 1.87 bits per heavy atom. The summed E-state index contributed by atoms with van der Waals surface area (Å²) in [7, 11) is 1.70. The summed E-state index contributed by atoms with van der Waals surface area (Å²) >= 11 is 1.68. The van der Waals surface area contributed by atoms with Gasteiger partial charge < -0.3 is 10.0 Å². The van der Waals surface area contributed by atoms with E-state index >= 15 is 0 Å². The number of likely N-dealkylation sites (N-methyl/N-ethyl adjacent to an activating group) is 1.